The van der Waals surface area contributed by atoms with E-state index in [0.29, 0.717) is 12.0 Å². The van der Waals surface area contributed by atoms with Crippen molar-refractivity contribution in [3.63, 3.8) is 0 Å². The Morgan fingerprint density at radius 2 is 1.91 bits per heavy atom. The maximum Gasteiger partial charge on any atom is 0.252 e. The van der Waals surface area contributed by atoms with Crippen molar-refractivity contribution < 1.29 is 18.0 Å². The molecule has 1 rings (SSSR count). The Hall–Kier alpha value is -1.89. The smallest absolute Gasteiger partial charge is 0.252 e. The fourth-order valence-corrected chi connectivity index (χ4v) is 2.67. The van der Waals surface area contributed by atoms with Crippen LogP contribution in [0.25, 0.3) is 0 Å². The average Bonchev–Trinajstić information content (AvgIpc) is 2.42. The molecule has 6 nitrogen and oxygen atoms in total. The summed E-state index contributed by atoms with van der Waals surface area (Å²) in [4.78, 5) is 23.9. The molecule has 3 N–H and O–H groups in total. The first-order valence-electron chi connectivity index (χ1n) is 6.98. The van der Waals surface area contributed by atoms with E-state index in [9.17, 15) is 18.0 Å². The van der Waals surface area contributed by atoms with Gasteiger partial charge in [0.25, 0.3) is 5.91 Å². The second-order valence-corrected chi connectivity index (χ2v) is 7.50. The molecule has 0 heterocycles. The van der Waals surface area contributed by atoms with Gasteiger partial charge in [-0.1, -0.05) is 26.3 Å². The standard InChI is InChI=1S/C15H22N2O4S/c1-5-9(2)13(14(16)18)17-15(19)12-8-11(22(4,20)21)7-6-10(12)3/h6-9,13H,5H2,1-4H3,(H2,16,18)(H,17,19). The Bertz CT molecular complexity index is 683. The van der Waals surface area contributed by atoms with Gasteiger partial charge in [0.05, 0.1) is 4.90 Å². The van der Waals surface area contributed by atoms with E-state index in [-0.39, 0.29) is 16.4 Å². The third-order valence-electron chi connectivity index (χ3n) is 3.69. The van der Waals surface area contributed by atoms with Crippen molar-refractivity contribution in [2.75, 3.05) is 6.26 Å². The number of primary amides is 1. The fourth-order valence-electron chi connectivity index (χ4n) is 2.02. The van der Waals surface area contributed by atoms with Gasteiger partial charge in [0.15, 0.2) is 9.84 Å². The lowest BCUT2D eigenvalue weighted by Gasteiger charge is -2.21. The van der Waals surface area contributed by atoms with Crippen molar-refractivity contribution in [3.8, 4) is 0 Å². The minimum Gasteiger partial charge on any atom is -0.368 e. The molecule has 1 aromatic rings. The van der Waals surface area contributed by atoms with Crippen LogP contribution in [0.1, 0.15) is 36.2 Å². The van der Waals surface area contributed by atoms with Crippen molar-refractivity contribution in [2.45, 2.75) is 38.1 Å². The van der Waals surface area contributed by atoms with Crippen molar-refractivity contribution >= 4 is 21.7 Å². The molecule has 0 aliphatic heterocycles. The molecule has 0 radical (unpaired) electrons. The molecule has 2 unspecified atom stereocenters. The average molecular weight is 326 g/mol. The quantitative estimate of drug-likeness (QED) is 0.814. The minimum atomic E-state index is -3.41. The Labute approximate surface area is 131 Å². The number of carbonyl (C=O) groups is 2. The highest BCUT2D eigenvalue weighted by Crippen LogP contribution is 2.16. The van der Waals surface area contributed by atoms with Gasteiger partial charge in [0.2, 0.25) is 5.91 Å². The van der Waals surface area contributed by atoms with Gasteiger partial charge < -0.3 is 11.1 Å². The second kappa shape index (κ2) is 6.91. The molecular weight excluding hydrogens is 304 g/mol. The third kappa shape index (κ3) is 4.30. The molecule has 0 saturated heterocycles. The molecule has 0 saturated carbocycles. The number of nitrogens with one attached hydrogen (secondary N) is 1. The monoisotopic (exact) mass is 326 g/mol. The first-order valence-corrected chi connectivity index (χ1v) is 8.88. The molecule has 0 aliphatic rings. The van der Waals surface area contributed by atoms with Crippen LogP contribution in [0.4, 0.5) is 0 Å². The summed E-state index contributed by atoms with van der Waals surface area (Å²) in [7, 11) is -3.41. The number of rotatable bonds is 6. The molecule has 22 heavy (non-hydrogen) atoms. The molecule has 0 spiro atoms. The van der Waals surface area contributed by atoms with E-state index in [1.165, 1.54) is 12.1 Å². The first kappa shape index (κ1) is 18.2. The maximum absolute atomic E-state index is 12.4. The number of carbonyl (C=O) groups excluding carboxylic acids is 2. The van der Waals surface area contributed by atoms with Crippen LogP contribution in [-0.2, 0) is 14.6 Å². The van der Waals surface area contributed by atoms with Gasteiger partial charge in [-0.15, -0.1) is 0 Å². The van der Waals surface area contributed by atoms with Crippen molar-refractivity contribution in [1.82, 2.24) is 5.32 Å². The van der Waals surface area contributed by atoms with E-state index in [1.54, 1.807) is 13.0 Å². The topological polar surface area (TPSA) is 106 Å². The van der Waals surface area contributed by atoms with Crippen molar-refractivity contribution in [2.24, 2.45) is 11.7 Å². The summed E-state index contributed by atoms with van der Waals surface area (Å²) in [6, 6.07) is 3.53. The number of hydrogen-bond donors (Lipinski definition) is 2. The minimum absolute atomic E-state index is 0.0578. The normalized spacial score (nSPS) is 14.2. The molecular formula is C15H22N2O4S. The van der Waals surface area contributed by atoms with E-state index in [2.05, 4.69) is 5.32 Å². The second-order valence-electron chi connectivity index (χ2n) is 5.49. The largest absolute Gasteiger partial charge is 0.368 e. The maximum atomic E-state index is 12.4. The zero-order valence-electron chi connectivity index (χ0n) is 13.2. The van der Waals surface area contributed by atoms with E-state index in [4.69, 9.17) is 5.73 Å². The number of benzene rings is 1. The predicted molar refractivity (Wildman–Crippen MR) is 84.2 cm³/mol. The number of nitrogens with two attached hydrogens (primary N) is 1. The van der Waals surface area contributed by atoms with Crippen LogP contribution in [0, 0.1) is 12.8 Å². The summed E-state index contributed by atoms with van der Waals surface area (Å²) in [5.41, 5.74) is 6.17. The van der Waals surface area contributed by atoms with Crippen molar-refractivity contribution in [3.05, 3.63) is 29.3 Å². The highest BCUT2D eigenvalue weighted by atomic mass is 32.2. The zero-order chi connectivity index (χ0) is 17.1. The number of sulfone groups is 1. The highest BCUT2D eigenvalue weighted by molar-refractivity contribution is 7.90. The van der Waals surface area contributed by atoms with Gasteiger partial charge in [0, 0.05) is 11.8 Å². The molecule has 0 aliphatic carbocycles. The predicted octanol–water partition coefficient (Wildman–Crippen LogP) is 1.03. The van der Waals surface area contributed by atoms with Gasteiger partial charge in [0.1, 0.15) is 6.04 Å². The summed E-state index contributed by atoms with van der Waals surface area (Å²) < 4.78 is 23.2. The van der Waals surface area contributed by atoms with Crippen LogP contribution in [0.15, 0.2) is 23.1 Å². The van der Waals surface area contributed by atoms with Crippen LogP contribution in [0.3, 0.4) is 0 Å². The van der Waals surface area contributed by atoms with Gasteiger partial charge in [-0.25, -0.2) is 8.42 Å². The molecule has 122 valence electrons. The lowest BCUT2D eigenvalue weighted by Crippen LogP contribution is -2.48. The summed E-state index contributed by atoms with van der Waals surface area (Å²) in [5, 5.41) is 2.59. The molecule has 0 aromatic heterocycles. The van der Waals surface area contributed by atoms with Gasteiger partial charge >= 0.3 is 0 Å². The molecule has 0 fully saturated rings. The Morgan fingerprint density at radius 3 is 2.36 bits per heavy atom. The Balaban J connectivity index is 3.15. The van der Waals surface area contributed by atoms with Crippen LogP contribution in [0.2, 0.25) is 0 Å². The number of amides is 2. The third-order valence-corrected chi connectivity index (χ3v) is 4.80. The molecule has 2 amide bonds. The summed E-state index contributed by atoms with van der Waals surface area (Å²) in [6.45, 7) is 5.40. The van der Waals surface area contributed by atoms with Gasteiger partial charge in [-0.2, -0.15) is 0 Å². The van der Waals surface area contributed by atoms with E-state index in [0.717, 1.165) is 6.26 Å². The van der Waals surface area contributed by atoms with Crippen LogP contribution in [-0.4, -0.2) is 32.5 Å². The molecule has 1 aromatic carbocycles. The van der Waals surface area contributed by atoms with E-state index in [1.807, 2.05) is 13.8 Å². The first-order chi connectivity index (χ1) is 10.1. The lowest BCUT2D eigenvalue weighted by atomic mass is 9.98. The number of aryl methyl sites for hydroxylation is 1. The molecule has 7 heteroatoms. The number of hydrogen-bond acceptors (Lipinski definition) is 4. The Kier molecular flexibility index (Phi) is 5.71. The summed E-state index contributed by atoms with van der Waals surface area (Å²) in [5.74, 6) is -1.23. The highest BCUT2D eigenvalue weighted by Gasteiger charge is 2.25. The van der Waals surface area contributed by atoms with Crippen LogP contribution in [0.5, 0.6) is 0 Å². The van der Waals surface area contributed by atoms with Crippen LogP contribution >= 0.6 is 0 Å². The van der Waals surface area contributed by atoms with Crippen LogP contribution < -0.4 is 11.1 Å². The Morgan fingerprint density at radius 1 is 1.32 bits per heavy atom. The van der Waals surface area contributed by atoms with E-state index < -0.39 is 27.7 Å². The lowest BCUT2D eigenvalue weighted by molar-refractivity contribution is -0.120. The SMILES string of the molecule is CCC(C)C(NC(=O)c1cc(S(C)(=O)=O)ccc1C)C(N)=O. The molecule has 0 bridgehead atoms. The zero-order valence-corrected chi connectivity index (χ0v) is 14.0. The van der Waals surface area contributed by atoms with Crippen molar-refractivity contribution in [1.29, 1.82) is 0 Å². The fraction of sp³-hybridized carbons (Fsp3) is 0.467. The summed E-state index contributed by atoms with van der Waals surface area (Å²) in [6.07, 6.45) is 1.75. The summed E-state index contributed by atoms with van der Waals surface area (Å²) >= 11 is 0. The van der Waals surface area contributed by atoms with Gasteiger partial charge in [-0.3, -0.25) is 9.59 Å². The van der Waals surface area contributed by atoms with Gasteiger partial charge in [-0.05, 0) is 30.5 Å². The molecule has 2 atom stereocenters. The van der Waals surface area contributed by atoms with E-state index >= 15 is 0 Å².